The highest BCUT2D eigenvalue weighted by molar-refractivity contribution is 7.90. The van der Waals surface area contributed by atoms with E-state index < -0.39 is 27.1 Å². The Morgan fingerprint density at radius 1 is 0.960 bits per heavy atom. The maximum atomic E-state index is 14.9. The second-order valence-electron chi connectivity index (χ2n) is 14.1. The molecule has 4 aromatic heterocycles. The van der Waals surface area contributed by atoms with Crippen LogP contribution >= 0.6 is 0 Å². The summed E-state index contributed by atoms with van der Waals surface area (Å²) in [6.45, 7) is 5.76. The quantitative estimate of drug-likeness (QED) is 0.250. The van der Waals surface area contributed by atoms with E-state index in [1.807, 2.05) is 25.2 Å². The number of amides is 2. The van der Waals surface area contributed by atoms with Crippen LogP contribution in [0.2, 0.25) is 0 Å². The molecule has 8 rings (SSSR count). The van der Waals surface area contributed by atoms with Crippen molar-refractivity contribution in [2.75, 3.05) is 25.0 Å². The number of hydrogen-bond donors (Lipinski definition) is 0. The van der Waals surface area contributed by atoms with Gasteiger partial charge in [-0.2, -0.15) is 10.2 Å². The summed E-state index contributed by atoms with van der Waals surface area (Å²) in [6.07, 6.45) is 6.54. The van der Waals surface area contributed by atoms with Crippen LogP contribution in [0.25, 0.3) is 44.3 Å². The van der Waals surface area contributed by atoms with E-state index in [1.165, 1.54) is 3.97 Å². The SMILES string of the molecule is CN1C(=O)C2(CCN(C(=O)OC(C)(C)C)C2)c2c1cnc1c2c(-c2ccc3c(cnn3C)c2)c(-c2cnn(C)c2)n1S(=O)(=O)c1ccccc1. The second kappa shape index (κ2) is 10.7. The molecule has 0 radical (unpaired) electrons. The van der Waals surface area contributed by atoms with Crippen LogP contribution in [0.1, 0.15) is 32.8 Å². The molecule has 0 saturated carbocycles. The molecule has 0 bridgehead atoms. The number of carbonyl (C=O) groups excluding carboxylic acids is 2. The number of aromatic nitrogens is 6. The van der Waals surface area contributed by atoms with E-state index in [-0.39, 0.29) is 29.5 Å². The van der Waals surface area contributed by atoms with Crippen LogP contribution in [0.4, 0.5) is 10.5 Å². The summed E-state index contributed by atoms with van der Waals surface area (Å²) in [5.74, 6) is -0.192. The first-order valence-corrected chi connectivity index (χ1v) is 17.7. The minimum Gasteiger partial charge on any atom is -0.444 e. The van der Waals surface area contributed by atoms with Crippen LogP contribution in [0, 0.1) is 0 Å². The molecule has 2 aliphatic heterocycles. The smallest absolute Gasteiger partial charge is 0.410 e. The van der Waals surface area contributed by atoms with E-state index in [2.05, 4.69) is 10.2 Å². The zero-order valence-electron chi connectivity index (χ0n) is 28.6. The fourth-order valence-electron chi connectivity index (χ4n) is 7.49. The van der Waals surface area contributed by atoms with Gasteiger partial charge in [-0.25, -0.2) is 22.2 Å². The van der Waals surface area contributed by atoms with Gasteiger partial charge < -0.3 is 14.5 Å². The number of nitrogens with zero attached hydrogens (tertiary/aromatic N) is 8. The molecule has 13 nitrogen and oxygen atoms in total. The van der Waals surface area contributed by atoms with Gasteiger partial charge in [0.1, 0.15) is 5.60 Å². The van der Waals surface area contributed by atoms with Crippen molar-refractivity contribution in [1.82, 2.24) is 33.4 Å². The summed E-state index contributed by atoms with van der Waals surface area (Å²) in [5, 5.41) is 10.2. The zero-order valence-corrected chi connectivity index (χ0v) is 29.4. The summed E-state index contributed by atoms with van der Waals surface area (Å²) in [5.41, 5.74) is 2.57. The van der Waals surface area contributed by atoms with Crippen molar-refractivity contribution in [2.24, 2.45) is 14.1 Å². The maximum absolute atomic E-state index is 14.9. The highest BCUT2D eigenvalue weighted by Gasteiger charge is 2.57. The van der Waals surface area contributed by atoms with Crippen LogP contribution in [-0.2, 0) is 39.1 Å². The number of likely N-dealkylation sites (N-methyl/N-ethyl adjacent to an activating group) is 1. The number of hydrogen-bond acceptors (Lipinski definition) is 8. The summed E-state index contributed by atoms with van der Waals surface area (Å²) in [6, 6.07) is 14.1. The third-order valence-corrected chi connectivity index (χ3v) is 11.4. The topological polar surface area (TPSA) is 137 Å². The lowest BCUT2D eigenvalue weighted by Gasteiger charge is -2.27. The average Bonchev–Trinajstić information content (AvgIpc) is 3.89. The molecule has 1 spiro atoms. The van der Waals surface area contributed by atoms with Crippen molar-refractivity contribution >= 4 is 49.6 Å². The van der Waals surface area contributed by atoms with Gasteiger partial charge in [-0.05, 0) is 57.0 Å². The average molecular weight is 693 g/mol. The predicted octanol–water partition coefficient (Wildman–Crippen LogP) is 5.08. The van der Waals surface area contributed by atoms with Gasteiger partial charge in [0.15, 0.2) is 5.65 Å². The number of aryl methyl sites for hydroxylation is 2. The summed E-state index contributed by atoms with van der Waals surface area (Å²) in [7, 11) is 1.06. The second-order valence-corrected chi connectivity index (χ2v) is 15.9. The Kier molecular flexibility index (Phi) is 6.82. The van der Waals surface area contributed by atoms with Gasteiger partial charge in [-0.15, -0.1) is 0 Å². The van der Waals surface area contributed by atoms with Crippen molar-refractivity contribution in [3.8, 4) is 22.4 Å². The Bertz CT molecular complexity index is 2490. The number of benzene rings is 2. The summed E-state index contributed by atoms with van der Waals surface area (Å²) >= 11 is 0. The van der Waals surface area contributed by atoms with E-state index >= 15 is 0 Å². The van der Waals surface area contributed by atoms with E-state index in [4.69, 9.17) is 9.72 Å². The van der Waals surface area contributed by atoms with Crippen LogP contribution in [0.3, 0.4) is 0 Å². The lowest BCUT2D eigenvalue weighted by molar-refractivity contribution is -0.122. The molecule has 1 saturated heterocycles. The first kappa shape index (κ1) is 31.7. The monoisotopic (exact) mass is 692 g/mol. The number of carbonyl (C=O) groups is 2. The molecule has 2 aliphatic rings. The van der Waals surface area contributed by atoms with E-state index in [0.717, 1.165) is 10.9 Å². The Morgan fingerprint density at radius 3 is 2.42 bits per heavy atom. The van der Waals surface area contributed by atoms with Crippen molar-refractivity contribution in [1.29, 1.82) is 0 Å². The fraction of sp³-hybridized carbons (Fsp3) is 0.306. The van der Waals surface area contributed by atoms with E-state index in [9.17, 15) is 18.0 Å². The molecule has 256 valence electrons. The van der Waals surface area contributed by atoms with Gasteiger partial charge in [0.2, 0.25) is 5.91 Å². The fourth-order valence-corrected chi connectivity index (χ4v) is 9.01. The Morgan fingerprint density at radius 2 is 1.72 bits per heavy atom. The first-order chi connectivity index (χ1) is 23.7. The normalized spacial score (nSPS) is 17.8. The molecule has 2 amide bonds. The predicted molar refractivity (Wildman–Crippen MR) is 188 cm³/mol. The standard InChI is InChI=1S/C36H36N8O5S/c1-35(2,3)49-34(46)43-15-14-36(21-43)30-27(41(5)33(36)45)19-37-32-29(30)28(22-12-13-26-23(16-22)17-39-42(26)6)31(24-18-38-40(4)20-24)44(32)50(47,48)25-10-8-7-9-11-25/h7-13,16-20H,14-15,21H2,1-6H3. The van der Waals surface area contributed by atoms with Gasteiger partial charge in [-0.1, -0.05) is 24.3 Å². The molecule has 6 aromatic rings. The maximum Gasteiger partial charge on any atom is 0.410 e. The van der Waals surface area contributed by atoms with Crippen molar-refractivity contribution in [3.05, 3.63) is 78.9 Å². The minimum atomic E-state index is -4.27. The molecule has 14 heteroatoms. The summed E-state index contributed by atoms with van der Waals surface area (Å²) in [4.78, 5) is 35.9. The molecule has 2 aromatic carbocycles. The van der Waals surface area contributed by atoms with Gasteiger partial charge in [-0.3, -0.25) is 14.2 Å². The highest BCUT2D eigenvalue weighted by Crippen LogP contribution is 2.54. The molecule has 0 N–H and O–H groups in total. The highest BCUT2D eigenvalue weighted by atomic mass is 32.2. The molecule has 1 fully saturated rings. The molecule has 6 heterocycles. The minimum absolute atomic E-state index is 0.0666. The first-order valence-electron chi connectivity index (χ1n) is 16.3. The van der Waals surface area contributed by atoms with Gasteiger partial charge in [0.25, 0.3) is 10.0 Å². The third kappa shape index (κ3) is 4.57. The molecular weight excluding hydrogens is 657 g/mol. The number of likely N-dealkylation sites (tertiary alicyclic amines) is 1. The van der Waals surface area contributed by atoms with Gasteiger partial charge >= 0.3 is 6.09 Å². The molecule has 50 heavy (non-hydrogen) atoms. The molecular formula is C36H36N8O5S. The van der Waals surface area contributed by atoms with Crippen LogP contribution in [-0.4, -0.2) is 79.6 Å². The van der Waals surface area contributed by atoms with Gasteiger partial charge in [0.05, 0.1) is 45.8 Å². The zero-order chi connectivity index (χ0) is 35.3. The molecule has 1 atom stereocenters. The molecule has 1 unspecified atom stereocenters. The van der Waals surface area contributed by atoms with E-state index in [1.54, 1.807) is 109 Å². The van der Waals surface area contributed by atoms with E-state index in [0.29, 0.717) is 45.4 Å². The van der Waals surface area contributed by atoms with Crippen molar-refractivity contribution in [2.45, 2.75) is 43.1 Å². The van der Waals surface area contributed by atoms with Crippen LogP contribution < -0.4 is 4.90 Å². The van der Waals surface area contributed by atoms with Crippen LogP contribution in [0.15, 0.2) is 78.2 Å². The lowest BCUT2D eigenvalue weighted by atomic mass is 9.78. The third-order valence-electron chi connectivity index (χ3n) is 9.69. The Hall–Kier alpha value is -5.50. The van der Waals surface area contributed by atoms with Crippen molar-refractivity contribution in [3.63, 3.8) is 0 Å². The van der Waals surface area contributed by atoms with Crippen LogP contribution in [0.5, 0.6) is 0 Å². The largest absolute Gasteiger partial charge is 0.444 e. The molecule has 0 aliphatic carbocycles. The number of pyridine rings is 1. The lowest BCUT2D eigenvalue weighted by Crippen LogP contribution is -2.43. The number of rotatable bonds is 4. The van der Waals surface area contributed by atoms with Crippen molar-refractivity contribution < 1.29 is 22.7 Å². The Labute approximate surface area is 288 Å². The Balaban J connectivity index is 1.50. The number of fused-ring (bicyclic) bond motifs is 5. The number of ether oxygens (including phenoxy) is 1. The van der Waals surface area contributed by atoms with Gasteiger partial charge in [0, 0.05) is 67.9 Å². The summed E-state index contributed by atoms with van der Waals surface area (Å²) < 4.78 is 40.1. The number of anilines is 1.